The molecule has 0 spiro atoms. The number of rotatable bonds is 3. The van der Waals surface area contributed by atoms with Crippen LogP contribution in [-0.4, -0.2) is 27.9 Å². The van der Waals surface area contributed by atoms with Crippen molar-refractivity contribution in [1.82, 2.24) is 0 Å². The summed E-state index contributed by atoms with van der Waals surface area (Å²) in [6, 6.07) is 0. The Hall–Kier alpha value is -0.0900. The zero-order valence-electron chi connectivity index (χ0n) is 4.53. The van der Waals surface area contributed by atoms with Crippen LogP contribution in [0.2, 0.25) is 0 Å². The summed E-state index contributed by atoms with van der Waals surface area (Å²) in [5.41, 5.74) is 1.26. The number of thiocarbonyl (C=S) groups is 1. The fourth-order valence-corrected chi connectivity index (χ4v) is 0.573. The van der Waals surface area contributed by atoms with Crippen molar-refractivity contribution in [3.05, 3.63) is 0 Å². The monoisotopic (exact) mass is 149 g/mol. The van der Waals surface area contributed by atoms with Crippen LogP contribution in [0.15, 0.2) is 4.99 Å². The quantitative estimate of drug-likeness (QED) is 0.429. The summed E-state index contributed by atoms with van der Waals surface area (Å²) < 4.78 is 10.3. The molecule has 4 heteroatoms. The first-order valence-electron chi connectivity index (χ1n) is 2.02. The van der Waals surface area contributed by atoms with Gasteiger partial charge in [0.15, 0.2) is 0 Å². The lowest BCUT2D eigenvalue weighted by atomic mass is 10.9. The van der Waals surface area contributed by atoms with Gasteiger partial charge >= 0.3 is 0 Å². The maximum atomic E-state index is 10.3. The Morgan fingerprint density at radius 2 is 2.50 bits per heavy atom. The highest BCUT2D eigenvalue weighted by Gasteiger charge is 1.80. The first kappa shape index (κ1) is 7.91. The van der Waals surface area contributed by atoms with Gasteiger partial charge < -0.3 is 0 Å². The van der Waals surface area contributed by atoms with E-state index >= 15 is 0 Å². The summed E-state index contributed by atoms with van der Waals surface area (Å²) in [5, 5.41) is 0. The fraction of sp³-hybridized carbons (Fsp3) is 0.500. The normalized spacial score (nSPS) is 14.1. The Morgan fingerprint density at radius 1 is 1.88 bits per heavy atom. The molecule has 0 radical (unpaired) electrons. The molecule has 0 bridgehead atoms. The van der Waals surface area contributed by atoms with Gasteiger partial charge in [0.1, 0.15) is 0 Å². The molecule has 1 unspecified atom stereocenters. The topological polar surface area (TPSA) is 29.4 Å². The molecule has 46 valence electrons. The van der Waals surface area contributed by atoms with Gasteiger partial charge in [-0.05, 0) is 0 Å². The molecular weight excluding hydrogens is 142 g/mol. The third-order valence-electron chi connectivity index (χ3n) is 0.476. The summed E-state index contributed by atoms with van der Waals surface area (Å²) >= 11 is 4.38. The Bertz CT molecular complexity index is 121. The summed E-state index contributed by atoms with van der Waals surface area (Å²) in [5.74, 6) is 0.493. The minimum Gasteiger partial charge on any atom is -0.259 e. The Labute approximate surface area is 56.5 Å². The molecule has 0 aliphatic carbocycles. The molecule has 0 rings (SSSR count). The largest absolute Gasteiger partial charge is 0.259 e. The van der Waals surface area contributed by atoms with E-state index in [1.807, 2.05) is 0 Å². The van der Waals surface area contributed by atoms with Crippen LogP contribution >= 0.6 is 12.2 Å². The first-order valence-corrected chi connectivity index (χ1v) is 4.22. The molecular formula is C4H7NOS2. The number of hydrogen-bond acceptors (Lipinski definition) is 2. The van der Waals surface area contributed by atoms with Crippen molar-refractivity contribution in [3.8, 4) is 0 Å². The highest BCUT2D eigenvalue weighted by molar-refractivity contribution is 7.84. The molecule has 0 heterocycles. The van der Waals surface area contributed by atoms with Gasteiger partial charge in [0.05, 0.1) is 11.2 Å². The van der Waals surface area contributed by atoms with E-state index in [2.05, 4.69) is 17.2 Å². The van der Waals surface area contributed by atoms with Gasteiger partial charge in [0, 0.05) is 23.3 Å². The van der Waals surface area contributed by atoms with Crippen molar-refractivity contribution in [2.75, 3.05) is 12.0 Å². The SMILES string of the molecule is CS(=O)CC=NC=S. The summed E-state index contributed by atoms with van der Waals surface area (Å²) in [6.07, 6.45) is 3.17. The van der Waals surface area contributed by atoms with Crippen molar-refractivity contribution >= 4 is 34.7 Å². The van der Waals surface area contributed by atoms with Crippen LogP contribution < -0.4 is 0 Å². The minimum absolute atomic E-state index is 0.493. The standard InChI is InChI=1S/C4H7NOS2/c1-8(6)3-2-5-4-7/h2,4H,3H2,1H3. The minimum atomic E-state index is -0.783. The highest BCUT2D eigenvalue weighted by atomic mass is 32.2. The van der Waals surface area contributed by atoms with E-state index in [-0.39, 0.29) is 0 Å². The number of nitrogens with zero attached hydrogens (tertiary/aromatic N) is 1. The van der Waals surface area contributed by atoms with Crippen LogP contribution in [0.5, 0.6) is 0 Å². The van der Waals surface area contributed by atoms with Crippen LogP contribution in [0.3, 0.4) is 0 Å². The lowest BCUT2D eigenvalue weighted by Gasteiger charge is -1.79. The van der Waals surface area contributed by atoms with Gasteiger partial charge in [-0.25, -0.2) is 0 Å². The van der Waals surface area contributed by atoms with Gasteiger partial charge in [0.25, 0.3) is 0 Å². The van der Waals surface area contributed by atoms with Crippen LogP contribution in [0.25, 0.3) is 0 Å². The molecule has 8 heavy (non-hydrogen) atoms. The average Bonchev–Trinajstić information content (AvgIpc) is 1.66. The predicted molar refractivity (Wildman–Crippen MR) is 41.1 cm³/mol. The second-order valence-electron chi connectivity index (χ2n) is 1.18. The predicted octanol–water partition coefficient (Wildman–Crippen LogP) is 0.393. The second-order valence-corrected chi connectivity index (χ2v) is 2.87. The average molecular weight is 149 g/mol. The second kappa shape index (κ2) is 5.05. The molecule has 1 atom stereocenters. The zero-order chi connectivity index (χ0) is 6.41. The molecule has 0 saturated heterocycles. The molecule has 0 amide bonds. The van der Waals surface area contributed by atoms with Gasteiger partial charge in [-0.1, -0.05) is 12.2 Å². The molecule has 0 aromatic rings. The van der Waals surface area contributed by atoms with E-state index in [9.17, 15) is 4.21 Å². The Kier molecular flexibility index (Phi) is 5.00. The summed E-state index contributed by atoms with van der Waals surface area (Å²) in [6.45, 7) is 0. The van der Waals surface area contributed by atoms with E-state index in [4.69, 9.17) is 0 Å². The molecule has 0 aromatic carbocycles. The Balaban J connectivity index is 3.29. The van der Waals surface area contributed by atoms with Crippen LogP contribution in [0, 0.1) is 0 Å². The van der Waals surface area contributed by atoms with Gasteiger partial charge in [0.2, 0.25) is 0 Å². The molecule has 0 aromatic heterocycles. The van der Waals surface area contributed by atoms with Gasteiger partial charge in [-0.15, -0.1) is 0 Å². The lowest BCUT2D eigenvalue weighted by Crippen LogP contribution is -1.93. The van der Waals surface area contributed by atoms with E-state index in [0.29, 0.717) is 5.75 Å². The van der Waals surface area contributed by atoms with Gasteiger partial charge in [-0.3, -0.25) is 9.20 Å². The molecule has 0 aliphatic rings. The van der Waals surface area contributed by atoms with Crippen LogP contribution in [0.1, 0.15) is 0 Å². The molecule has 2 nitrogen and oxygen atoms in total. The van der Waals surface area contributed by atoms with E-state index in [1.54, 1.807) is 12.5 Å². The maximum Gasteiger partial charge on any atom is 0.0894 e. The van der Waals surface area contributed by atoms with Crippen molar-refractivity contribution in [3.63, 3.8) is 0 Å². The van der Waals surface area contributed by atoms with Crippen molar-refractivity contribution < 1.29 is 4.21 Å². The third kappa shape index (κ3) is 5.91. The molecule has 0 fully saturated rings. The van der Waals surface area contributed by atoms with Crippen molar-refractivity contribution in [2.24, 2.45) is 4.99 Å². The highest BCUT2D eigenvalue weighted by Crippen LogP contribution is 1.68. The van der Waals surface area contributed by atoms with Crippen LogP contribution in [-0.2, 0) is 10.8 Å². The molecule has 0 N–H and O–H groups in total. The summed E-state index contributed by atoms with van der Waals surface area (Å²) in [4.78, 5) is 3.58. The summed E-state index contributed by atoms with van der Waals surface area (Å²) in [7, 11) is -0.783. The van der Waals surface area contributed by atoms with Crippen molar-refractivity contribution in [2.45, 2.75) is 0 Å². The zero-order valence-corrected chi connectivity index (χ0v) is 6.17. The smallest absolute Gasteiger partial charge is 0.0894 e. The molecule has 0 aliphatic heterocycles. The number of hydrogen-bond donors (Lipinski definition) is 0. The van der Waals surface area contributed by atoms with E-state index in [0.717, 1.165) is 0 Å². The van der Waals surface area contributed by atoms with E-state index < -0.39 is 10.8 Å². The maximum absolute atomic E-state index is 10.3. The third-order valence-corrected chi connectivity index (χ3v) is 1.22. The lowest BCUT2D eigenvalue weighted by molar-refractivity contribution is 0.689. The van der Waals surface area contributed by atoms with E-state index in [1.165, 1.54) is 5.49 Å². The fourth-order valence-electron chi connectivity index (χ4n) is 0.191. The van der Waals surface area contributed by atoms with Gasteiger partial charge in [-0.2, -0.15) is 0 Å². The van der Waals surface area contributed by atoms with Crippen molar-refractivity contribution in [1.29, 1.82) is 0 Å². The molecule has 0 saturated carbocycles. The first-order chi connectivity index (χ1) is 3.77. The Morgan fingerprint density at radius 3 is 2.88 bits per heavy atom. The van der Waals surface area contributed by atoms with Crippen LogP contribution in [0.4, 0.5) is 0 Å². The number of aliphatic imine (C=N–C) groups is 1.